The highest BCUT2D eigenvalue weighted by atomic mass is 16.6. The summed E-state index contributed by atoms with van der Waals surface area (Å²) in [6, 6.07) is 20.6. The summed E-state index contributed by atoms with van der Waals surface area (Å²) in [5, 5.41) is 44.3. The Kier molecular flexibility index (Phi) is 15.7. The Hall–Kier alpha value is -8.85. The van der Waals surface area contributed by atoms with Gasteiger partial charge in [0.15, 0.2) is 17.6 Å². The van der Waals surface area contributed by atoms with E-state index in [1.54, 1.807) is 20.8 Å². The van der Waals surface area contributed by atoms with Crippen molar-refractivity contribution < 1.29 is 62.9 Å². The molecule has 21 heteroatoms. The molecule has 2 unspecified atom stereocenters. The van der Waals surface area contributed by atoms with Gasteiger partial charge in [0.05, 0.1) is 40.1 Å². The van der Waals surface area contributed by atoms with Gasteiger partial charge in [-0.15, -0.1) is 0 Å². The number of benzene rings is 5. The van der Waals surface area contributed by atoms with E-state index >= 15 is 0 Å². The van der Waals surface area contributed by atoms with E-state index < -0.39 is 70.3 Å². The third-order valence-corrected chi connectivity index (χ3v) is 9.32. The molecule has 5 aromatic rings. The zero-order valence-electron chi connectivity index (χ0n) is 35.6. The van der Waals surface area contributed by atoms with Gasteiger partial charge in [0.2, 0.25) is 11.8 Å². The first-order chi connectivity index (χ1) is 31.4. The average molecular weight is 906 g/mol. The maximum atomic E-state index is 13.6. The second-order valence-corrected chi connectivity index (χ2v) is 14.3. The predicted molar refractivity (Wildman–Crippen MR) is 238 cm³/mol. The van der Waals surface area contributed by atoms with Crippen molar-refractivity contribution in [3.05, 3.63) is 141 Å². The summed E-state index contributed by atoms with van der Waals surface area (Å²) in [6.07, 6.45) is -2.16. The highest BCUT2D eigenvalue weighted by Crippen LogP contribution is 2.39. The number of nitrogens with zero attached hydrogens (tertiary/aromatic N) is 1. The Labute approximate surface area is 375 Å². The van der Waals surface area contributed by atoms with Crippen LogP contribution in [0, 0.1) is 10.1 Å². The number of nitrogens with two attached hydrogens (primary N) is 1. The second-order valence-electron chi connectivity index (χ2n) is 14.3. The van der Waals surface area contributed by atoms with E-state index in [0.29, 0.717) is 0 Å². The van der Waals surface area contributed by atoms with Crippen molar-refractivity contribution in [3.8, 4) is 17.2 Å². The van der Waals surface area contributed by atoms with Crippen LogP contribution in [0.15, 0.2) is 103 Å². The minimum atomic E-state index is -1.66. The third-order valence-electron chi connectivity index (χ3n) is 9.32. The number of carboxylic acid groups (broad SMARTS) is 1. The molecule has 0 spiro atoms. The predicted octanol–water partition coefficient (Wildman–Crippen LogP) is 5.18. The number of aromatic carboxylic acids is 1. The highest BCUT2D eigenvalue weighted by molar-refractivity contribution is 6.10. The maximum absolute atomic E-state index is 13.6. The number of nitro benzene ring substituents is 1. The van der Waals surface area contributed by atoms with Crippen LogP contribution < -0.4 is 41.8 Å². The minimum absolute atomic E-state index is 0.00164. The number of carbonyl (C=O) groups is 7. The molecule has 0 heterocycles. The van der Waals surface area contributed by atoms with Crippen molar-refractivity contribution in [2.24, 2.45) is 5.73 Å². The summed E-state index contributed by atoms with van der Waals surface area (Å²) in [5.41, 5.74) is 5.77. The number of methoxy groups -OCH3 is 1. The molecule has 342 valence electrons. The average Bonchev–Trinajstić information content (AvgIpc) is 3.28. The standard InChI is InChI=1S/C45H43N7O14/c1-5-65-34-22-27(45(60)61)12-20-32(34)49-43(58)31-19-21-33(37(36(31)53)66-23(2)3)50-41(56)24-6-15-29(16-7-24)48-44(59)35(38(64-4)39(46)54)51-42(57)25-8-13-28(14-9-25)47-40(55)26-10-17-30(18-11-26)52(62)63/h6-23,35,38,53H,5H2,1-4H3,(H2,46,54)(H,47,55)(H,48,59)(H,49,58)(H,50,56)(H,51,57)(H,60,61). The number of aromatic hydroxyl groups is 1. The van der Waals surface area contributed by atoms with Crippen molar-refractivity contribution in [1.82, 2.24) is 5.32 Å². The number of primary amides is 1. The lowest BCUT2D eigenvalue weighted by molar-refractivity contribution is -0.384. The Morgan fingerprint density at radius 3 is 1.74 bits per heavy atom. The number of non-ortho nitro benzene ring substituents is 1. The first-order valence-corrected chi connectivity index (χ1v) is 19.8. The molecule has 2 atom stereocenters. The molecule has 6 amide bonds. The molecule has 0 radical (unpaired) electrons. The van der Waals surface area contributed by atoms with Gasteiger partial charge < -0.3 is 56.7 Å². The lowest BCUT2D eigenvalue weighted by Crippen LogP contribution is -2.56. The number of phenolic OH excluding ortho intramolecular Hbond substituents is 1. The van der Waals surface area contributed by atoms with Gasteiger partial charge in [0.1, 0.15) is 11.8 Å². The number of anilines is 4. The molecule has 0 aliphatic carbocycles. The summed E-state index contributed by atoms with van der Waals surface area (Å²) >= 11 is 0. The third kappa shape index (κ3) is 12.0. The van der Waals surface area contributed by atoms with Crippen LogP contribution in [0.3, 0.4) is 0 Å². The number of phenols is 1. The molecule has 21 nitrogen and oxygen atoms in total. The topological polar surface area (TPSA) is 317 Å². The Balaban J connectivity index is 1.26. The summed E-state index contributed by atoms with van der Waals surface area (Å²) < 4.78 is 16.5. The lowest BCUT2D eigenvalue weighted by Gasteiger charge is -2.24. The van der Waals surface area contributed by atoms with E-state index in [9.17, 15) is 53.9 Å². The fraction of sp³-hybridized carbons (Fsp3) is 0.178. The van der Waals surface area contributed by atoms with Gasteiger partial charge in [0.25, 0.3) is 29.3 Å². The molecule has 5 rings (SSSR count). The van der Waals surface area contributed by atoms with Gasteiger partial charge in [0, 0.05) is 47.3 Å². The first-order valence-electron chi connectivity index (χ1n) is 19.8. The molecule has 0 aliphatic rings. The molecule has 0 saturated carbocycles. The number of carbonyl (C=O) groups excluding carboxylic acids is 6. The first kappa shape index (κ1) is 48.2. The van der Waals surface area contributed by atoms with Gasteiger partial charge in [-0.05, 0) is 112 Å². The Morgan fingerprint density at radius 2 is 1.21 bits per heavy atom. The van der Waals surface area contributed by atoms with Gasteiger partial charge in [-0.3, -0.25) is 38.9 Å². The number of carboxylic acids is 1. The molecule has 0 aromatic heterocycles. The van der Waals surface area contributed by atoms with Crippen molar-refractivity contribution >= 4 is 69.8 Å². The van der Waals surface area contributed by atoms with Gasteiger partial charge >= 0.3 is 5.97 Å². The van der Waals surface area contributed by atoms with Crippen LogP contribution in [0.5, 0.6) is 17.2 Å². The van der Waals surface area contributed by atoms with E-state index in [2.05, 4.69) is 26.6 Å². The summed E-state index contributed by atoms with van der Waals surface area (Å²) in [7, 11) is 1.11. The number of amides is 6. The van der Waals surface area contributed by atoms with Crippen LogP contribution in [0.4, 0.5) is 28.4 Å². The van der Waals surface area contributed by atoms with Crippen LogP contribution in [0.1, 0.15) is 72.6 Å². The van der Waals surface area contributed by atoms with Crippen LogP contribution >= 0.6 is 0 Å². The number of nitrogens with one attached hydrogen (secondary N) is 5. The summed E-state index contributed by atoms with van der Waals surface area (Å²) in [5.74, 6) is -6.80. The van der Waals surface area contributed by atoms with Crippen molar-refractivity contribution in [2.45, 2.75) is 39.0 Å². The summed E-state index contributed by atoms with van der Waals surface area (Å²) in [4.78, 5) is 100. The van der Waals surface area contributed by atoms with E-state index in [1.807, 2.05) is 0 Å². The van der Waals surface area contributed by atoms with Crippen molar-refractivity contribution in [1.29, 1.82) is 0 Å². The Morgan fingerprint density at radius 1 is 0.697 bits per heavy atom. The smallest absolute Gasteiger partial charge is 0.335 e. The Bertz CT molecular complexity index is 2670. The monoisotopic (exact) mass is 905 g/mol. The zero-order chi connectivity index (χ0) is 48.2. The molecule has 0 saturated heterocycles. The molecule has 0 fully saturated rings. The van der Waals surface area contributed by atoms with Crippen LogP contribution in [-0.4, -0.2) is 88.5 Å². The molecule has 5 aromatic carbocycles. The lowest BCUT2D eigenvalue weighted by atomic mass is 10.1. The minimum Gasteiger partial charge on any atom is -0.504 e. The van der Waals surface area contributed by atoms with Gasteiger partial charge in [-0.25, -0.2) is 4.79 Å². The number of hydrogen-bond acceptors (Lipinski definition) is 13. The van der Waals surface area contributed by atoms with E-state index in [1.165, 1.54) is 103 Å². The number of nitro groups is 1. The quantitative estimate of drug-likeness (QED) is 0.0391. The SMILES string of the molecule is CCOc1cc(C(=O)O)ccc1NC(=O)c1ccc(NC(=O)c2ccc(NC(=O)C(NC(=O)c3ccc(NC(=O)c4ccc([N+](=O)[O-])cc4)cc3)C(OC)C(N)=O)cc2)c(OC(C)C)c1O. The number of hydrogen-bond donors (Lipinski definition) is 8. The van der Waals surface area contributed by atoms with Crippen molar-refractivity contribution in [3.63, 3.8) is 0 Å². The highest BCUT2D eigenvalue weighted by Gasteiger charge is 2.35. The second kappa shape index (κ2) is 21.5. The normalized spacial score (nSPS) is 11.6. The molecule has 66 heavy (non-hydrogen) atoms. The molecular formula is C45H43N7O14. The molecular weight excluding hydrogens is 863 g/mol. The number of ether oxygens (including phenoxy) is 3. The van der Waals surface area contributed by atoms with Gasteiger partial charge in [-0.2, -0.15) is 0 Å². The van der Waals surface area contributed by atoms with E-state index in [0.717, 1.165) is 7.11 Å². The molecule has 0 aliphatic heterocycles. The number of rotatable bonds is 19. The largest absolute Gasteiger partial charge is 0.504 e. The van der Waals surface area contributed by atoms with Crippen LogP contribution in [0.25, 0.3) is 0 Å². The van der Waals surface area contributed by atoms with Gasteiger partial charge in [-0.1, -0.05) is 0 Å². The van der Waals surface area contributed by atoms with Crippen molar-refractivity contribution in [2.75, 3.05) is 35.0 Å². The van der Waals surface area contributed by atoms with E-state index in [-0.39, 0.29) is 74.4 Å². The molecule has 0 bridgehead atoms. The van der Waals surface area contributed by atoms with Crippen LogP contribution in [-0.2, 0) is 14.3 Å². The maximum Gasteiger partial charge on any atom is 0.335 e. The zero-order valence-corrected chi connectivity index (χ0v) is 35.6. The fourth-order valence-electron chi connectivity index (χ4n) is 6.11. The fourth-order valence-corrected chi connectivity index (χ4v) is 6.11. The van der Waals surface area contributed by atoms with Crippen LogP contribution in [0.2, 0.25) is 0 Å². The summed E-state index contributed by atoms with van der Waals surface area (Å²) in [6.45, 7) is 5.17. The molecule has 9 N–H and O–H groups in total. The van der Waals surface area contributed by atoms with E-state index in [4.69, 9.17) is 19.9 Å².